The van der Waals surface area contributed by atoms with E-state index in [1.165, 1.54) is 0 Å². The molecule has 8 heavy (non-hydrogen) atoms. The maximum Gasteiger partial charge on any atom is 0.130 e. The first-order valence-electron chi connectivity index (χ1n) is 2.28. The number of hydrogen-bond donors (Lipinski definition) is 2. The monoisotopic (exact) mass is 150 g/mol. The number of thioether (sulfide) groups is 1. The lowest BCUT2D eigenvalue weighted by atomic mass is 10.9. The molecule has 0 aromatic heterocycles. The largest absolute Gasteiger partial charge is 0.365 e. The molecule has 1 rings (SSSR count). The Balaban J connectivity index is 2.32. The summed E-state index contributed by atoms with van der Waals surface area (Å²) in [5.74, 6) is 0. The Hall–Kier alpha value is 0.140. The van der Waals surface area contributed by atoms with Gasteiger partial charge in [0, 0.05) is 6.20 Å². The van der Waals surface area contributed by atoms with E-state index in [2.05, 4.69) is 10.6 Å². The van der Waals surface area contributed by atoms with Crippen LogP contribution in [0.2, 0.25) is 0 Å². The Bertz CT molecular complexity index is 115. The summed E-state index contributed by atoms with van der Waals surface area (Å²) in [6.07, 6.45) is 1.79. The van der Waals surface area contributed by atoms with Crippen LogP contribution in [0, 0.1) is 0 Å². The zero-order valence-corrected chi connectivity index (χ0v) is 6.01. The Morgan fingerprint density at radius 2 is 2.75 bits per heavy atom. The van der Waals surface area contributed by atoms with Gasteiger partial charge in [0.15, 0.2) is 0 Å². The first-order chi connectivity index (χ1) is 3.83. The topological polar surface area (TPSA) is 24.1 Å². The lowest BCUT2D eigenvalue weighted by molar-refractivity contribution is 0.693. The van der Waals surface area contributed by atoms with Crippen LogP contribution in [0.3, 0.4) is 0 Å². The Kier molecular flexibility index (Phi) is 2.05. The Morgan fingerprint density at radius 3 is 3.00 bits per heavy atom. The Morgan fingerprint density at radius 1 is 2.00 bits per heavy atom. The van der Waals surface area contributed by atoms with E-state index in [0.29, 0.717) is 0 Å². The molecule has 0 amide bonds. The Labute approximate surface area is 57.7 Å². The number of rotatable bonds is 1. The van der Waals surface area contributed by atoms with Crippen molar-refractivity contribution in [3.8, 4) is 0 Å². The first kappa shape index (κ1) is 6.26. The quantitative estimate of drug-likeness (QED) is 0.580. The predicted molar refractivity (Wildman–Crippen MR) is 37.5 cm³/mol. The van der Waals surface area contributed by atoms with Crippen LogP contribution >= 0.6 is 23.4 Å². The summed E-state index contributed by atoms with van der Waals surface area (Å²) < 4.78 is 0.810. The summed E-state index contributed by atoms with van der Waals surface area (Å²) >= 11 is 7.18. The van der Waals surface area contributed by atoms with E-state index >= 15 is 0 Å². The molecule has 0 fully saturated rings. The van der Waals surface area contributed by atoms with E-state index in [4.69, 9.17) is 11.6 Å². The average Bonchev–Trinajstić information content (AvgIpc) is 2.14. The maximum absolute atomic E-state index is 5.61. The van der Waals surface area contributed by atoms with Gasteiger partial charge in [-0.1, -0.05) is 23.4 Å². The van der Waals surface area contributed by atoms with Gasteiger partial charge in [0.25, 0.3) is 0 Å². The van der Waals surface area contributed by atoms with Crippen LogP contribution in [-0.2, 0) is 0 Å². The normalized spacial score (nSPS) is 27.2. The smallest absolute Gasteiger partial charge is 0.130 e. The lowest BCUT2D eigenvalue weighted by Gasteiger charge is -2.05. The van der Waals surface area contributed by atoms with E-state index in [9.17, 15) is 0 Å². The van der Waals surface area contributed by atoms with Crippen LogP contribution in [0.1, 0.15) is 0 Å². The molecule has 1 unspecified atom stereocenters. The standard InChI is InChI=1S/C4H7ClN2S/c1-6-4-7-2-3(5)8-4/h2,4,6-7H,1H3. The van der Waals surface area contributed by atoms with E-state index in [0.717, 1.165) is 4.36 Å². The van der Waals surface area contributed by atoms with Crippen molar-refractivity contribution in [1.29, 1.82) is 0 Å². The van der Waals surface area contributed by atoms with Crippen LogP contribution in [-0.4, -0.2) is 12.5 Å². The molecule has 4 heteroatoms. The molecule has 0 aromatic rings. The van der Waals surface area contributed by atoms with E-state index in [1.54, 1.807) is 18.0 Å². The maximum atomic E-state index is 5.61. The van der Waals surface area contributed by atoms with Crippen molar-refractivity contribution in [1.82, 2.24) is 10.6 Å². The molecule has 2 nitrogen and oxygen atoms in total. The minimum absolute atomic E-state index is 0.266. The number of halogens is 1. The summed E-state index contributed by atoms with van der Waals surface area (Å²) in [5, 5.41) is 6.02. The number of nitrogens with one attached hydrogen (secondary N) is 2. The highest BCUT2D eigenvalue weighted by atomic mass is 35.5. The molecule has 0 spiro atoms. The highest BCUT2D eigenvalue weighted by molar-refractivity contribution is 8.05. The third kappa shape index (κ3) is 1.31. The molecular formula is C4H7ClN2S. The molecule has 0 saturated heterocycles. The van der Waals surface area contributed by atoms with Gasteiger partial charge in [-0.15, -0.1) is 0 Å². The van der Waals surface area contributed by atoms with Gasteiger partial charge in [0.1, 0.15) is 5.50 Å². The van der Waals surface area contributed by atoms with Crippen LogP contribution in [0.5, 0.6) is 0 Å². The molecule has 0 aromatic carbocycles. The van der Waals surface area contributed by atoms with Crippen LogP contribution < -0.4 is 10.6 Å². The molecular weight excluding hydrogens is 144 g/mol. The summed E-state index contributed by atoms with van der Waals surface area (Å²) in [6, 6.07) is 0. The number of hydrogen-bond acceptors (Lipinski definition) is 3. The summed E-state index contributed by atoms with van der Waals surface area (Å²) in [5.41, 5.74) is 0.266. The lowest BCUT2D eigenvalue weighted by Crippen LogP contribution is -2.30. The second kappa shape index (κ2) is 2.62. The van der Waals surface area contributed by atoms with Crippen molar-refractivity contribution in [3.05, 3.63) is 10.6 Å². The first-order valence-corrected chi connectivity index (χ1v) is 3.54. The molecule has 0 saturated carbocycles. The van der Waals surface area contributed by atoms with Gasteiger partial charge in [-0.2, -0.15) is 0 Å². The second-order valence-electron chi connectivity index (χ2n) is 1.40. The molecule has 0 radical (unpaired) electrons. The van der Waals surface area contributed by atoms with Gasteiger partial charge in [0.2, 0.25) is 0 Å². The van der Waals surface area contributed by atoms with Crippen LogP contribution in [0.25, 0.3) is 0 Å². The minimum Gasteiger partial charge on any atom is -0.365 e. The SMILES string of the molecule is CNC1NC=C(Cl)S1. The summed E-state index contributed by atoms with van der Waals surface area (Å²) in [6.45, 7) is 0. The molecule has 0 bridgehead atoms. The van der Waals surface area contributed by atoms with Crippen molar-refractivity contribution in [3.63, 3.8) is 0 Å². The molecule has 46 valence electrons. The third-order valence-corrected chi connectivity index (χ3v) is 2.17. The predicted octanol–water partition coefficient (Wildman–Crippen LogP) is 0.863. The fourth-order valence-corrected chi connectivity index (χ4v) is 1.41. The van der Waals surface area contributed by atoms with Crippen LogP contribution in [0.15, 0.2) is 10.6 Å². The molecule has 1 atom stereocenters. The zero-order chi connectivity index (χ0) is 5.98. The summed E-state index contributed by atoms with van der Waals surface area (Å²) in [7, 11) is 1.88. The van der Waals surface area contributed by atoms with Crippen molar-refractivity contribution >= 4 is 23.4 Å². The van der Waals surface area contributed by atoms with Crippen LogP contribution in [0.4, 0.5) is 0 Å². The molecule has 1 heterocycles. The molecule has 0 aliphatic carbocycles. The van der Waals surface area contributed by atoms with E-state index in [1.807, 2.05) is 7.05 Å². The van der Waals surface area contributed by atoms with Crippen molar-refractivity contribution in [2.24, 2.45) is 0 Å². The van der Waals surface area contributed by atoms with Gasteiger partial charge < -0.3 is 5.32 Å². The van der Waals surface area contributed by atoms with Gasteiger partial charge >= 0.3 is 0 Å². The second-order valence-corrected chi connectivity index (χ2v) is 3.18. The molecule has 2 N–H and O–H groups in total. The van der Waals surface area contributed by atoms with Gasteiger partial charge in [-0.25, -0.2) is 0 Å². The fraction of sp³-hybridized carbons (Fsp3) is 0.500. The van der Waals surface area contributed by atoms with Crippen molar-refractivity contribution in [2.75, 3.05) is 7.05 Å². The van der Waals surface area contributed by atoms with Gasteiger partial charge in [-0.3, -0.25) is 5.32 Å². The third-order valence-electron chi connectivity index (χ3n) is 0.841. The average molecular weight is 151 g/mol. The fourth-order valence-electron chi connectivity index (χ4n) is 0.464. The van der Waals surface area contributed by atoms with Gasteiger partial charge in [0.05, 0.1) is 4.36 Å². The molecule has 1 aliphatic heterocycles. The molecule has 1 aliphatic rings. The van der Waals surface area contributed by atoms with Gasteiger partial charge in [-0.05, 0) is 7.05 Å². The highest BCUT2D eigenvalue weighted by Crippen LogP contribution is 2.26. The zero-order valence-electron chi connectivity index (χ0n) is 4.44. The van der Waals surface area contributed by atoms with Crippen molar-refractivity contribution < 1.29 is 0 Å². The minimum atomic E-state index is 0.266. The van der Waals surface area contributed by atoms with Crippen molar-refractivity contribution in [2.45, 2.75) is 5.50 Å². The van der Waals surface area contributed by atoms with E-state index in [-0.39, 0.29) is 5.50 Å². The summed E-state index contributed by atoms with van der Waals surface area (Å²) in [4.78, 5) is 0. The van der Waals surface area contributed by atoms with E-state index < -0.39 is 0 Å². The highest BCUT2D eigenvalue weighted by Gasteiger charge is 2.11.